The van der Waals surface area contributed by atoms with E-state index in [1.165, 1.54) is 11.3 Å². The van der Waals surface area contributed by atoms with Crippen LogP contribution in [-0.2, 0) is 17.8 Å². The molecule has 2 aromatic heterocycles. The molecule has 142 valence electrons. The van der Waals surface area contributed by atoms with Crippen molar-refractivity contribution in [3.05, 3.63) is 52.2 Å². The van der Waals surface area contributed by atoms with Crippen LogP contribution in [-0.4, -0.2) is 43.6 Å². The van der Waals surface area contributed by atoms with Gasteiger partial charge in [-0.25, -0.2) is 4.79 Å². The van der Waals surface area contributed by atoms with E-state index in [4.69, 9.17) is 0 Å². The number of imidazole rings is 1. The highest BCUT2D eigenvalue weighted by atomic mass is 16.2. The van der Waals surface area contributed by atoms with Crippen molar-refractivity contribution >= 4 is 16.9 Å². The summed E-state index contributed by atoms with van der Waals surface area (Å²) in [5.41, 5.74) is 3.89. The number of nitrogens with zero attached hydrogens (tertiary/aromatic N) is 3. The van der Waals surface area contributed by atoms with Gasteiger partial charge in [-0.2, -0.15) is 5.10 Å². The Morgan fingerprint density at radius 1 is 1.33 bits per heavy atom. The molecule has 1 aliphatic rings. The Kier molecular flexibility index (Phi) is 4.83. The third-order valence-electron chi connectivity index (χ3n) is 5.55. The highest BCUT2D eigenvalue weighted by Gasteiger charge is 2.27. The van der Waals surface area contributed by atoms with Gasteiger partial charge in [0.15, 0.2) is 0 Å². The molecule has 1 unspecified atom stereocenters. The second kappa shape index (κ2) is 7.42. The largest absolute Gasteiger partial charge is 0.342 e. The number of aromatic amines is 2. The smallest absolute Gasteiger partial charge is 0.326 e. The average molecular weight is 367 g/mol. The van der Waals surface area contributed by atoms with Gasteiger partial charge >= 0.3 is 5.69 Å². The molecular formula is C20H25N5O2. The van der Waals surface area contributed by atoms with Crippen LogP contribution in [0.4, 0.5) is 0 Å². The number of amides is 1. The number of carbonyl (C=O) groups is 1. The van der Waals surface area contributed by atoms with Crippen LogP contribution in [0.5, 0.6) is 0 Å². The Morgan fingerprint density at radius 3 is 3.04 bits per heavy atom. The van der Waals surface area contributed by atoms with E-state index < -0.39 is 0 Å². The van der Waals surface area contributed by atoms with Crippen molar-refractivity contribution in [2.24, 2.45) is 0 Å². The highest BCUT2D eigenvalue weighted by molar-refractivity contribution is 5.77. The monoisotopic (exact) mass is 367 g/mol. The molecule has 0 radical (unpaired) electrons. The van der Waals surface area contributed by atoms with Crippen molar-refractivity contribution in [2.75, 3.05) is 13.1 Å². The van der Waals surface area contributed by atoms with E-state index in [-0.39, 0.29) is 11.6 Å². The molecule has 2 N–H and O–H groups in total. The average Bonchev–Trinajstić information content (AvgIpc) is 3.30. The molecule has 7 heteroatoms. The Morgan fingerprint density at radius 2 is 2.19 bits per heavy atom. The number of benzene rings is 1. The van der Waals surface area contributed by atoms with Gasteiger partial charge in [-0.3, -0.25) is 14.5 Å². The summed E-state index contributed by atoms with van der Waals surface area (Å²) in [5.74, 6) is 0.422. The predicted molar refractivity (Wildman–Crippen MR) is 104 cm³/mol. The molecule has 0 saturated carbocycles. The first kappa shape index (κ1) is 17.6. The molecule has 0 spiro atoms. The van der Waals surface area contributed by atoms with Crippen LogP contribution in [0.25, 0.3) is 11.0 Å². The molecule has 0 aliphatic carbocycles. The minimum atomic E-state index is -0.162. The van der Waals surface area contributed by atoms with E-state index in [9.17, 15) is 9.59 Å². The zero-order chi connectivity index (χ0) is 18.8. The number of hydrogen-bond acceptors (Lipinski definition) is 3. The molecule has 0 bridgehead atoms. The molecule has 3 heterocycles. The fourth-order valence-corrected chi connectivity index (χ4v) is 4.09. The Labute approximate surface area is 157 Å². The maximum Gasteiger partial charge on any atom is 0.326 e. The third kappa shape index (κ3) is 3.41. The number of para-hydroxylation sites is 2. The first-order chi connectivity index (χ1) is 13.2. The predicted octanol–water partition coefficient (Wildman–Crippen LogP) is 2.41. The van der Waals surface area contributed by atoms with E-state index >= 15 is 0 Å². The minimum absolute atomic E-state index is 0.106. The molecular weight excluding hydrogens is 342 g/mol. The van der Waals surface area contributed by atoms with Gasteiger partial charge in [0.25, 0.3) is 0 Å². The highest BCUT2D eigenvalue weighted by Crippen LogP contribution is 2.28. The van der Waals surface area contributed by atoms with E-state index in [1.807, 2.05) is 35.4 Å². The molecule has 1 amide bonds. The van der Waals surface area contributed by atoms with E-state index in [2.05, 4.69) is 22.1 Å². The number of carbonyl (C=O) groups excluding carboxylic acids is 1. The van der Waals surface area contributed by atoms with Crippen LogP contribution in [0.3, 0.4) is 0 Å². The lowest BCUT2D eigenvalue weighted by atomic mass is 9.92. The molecule has 27 heavy (non-hydrogen) atoms. The molecule has 1 aliphatic heterocycles. The number of H-pyrrole nitrogens is 2. The van der Waals surface area contributed by atoms with Crippen molar-refractivity contribution in [1.82, 2.24) is 24.6 Å². The summed E-state index contributed by atoms with van der Waals surface area (Å²) in [7, 11) is 0. The molecule has 4 rings (SSSR count). The Balaban J connectivity index is 1.43. The summed E-state index contributed by atoms with van der Waals surface area (Å²) < 4.78 is 1.65. The lowest BCUT2D eigenvalue weighted by Crippen LogP contribution is -2.40. The fourth-order valence-electron chi connectivity index (χ4n) is 4.09. The second-order valence-corrected chi connectivity index (χ2v) is 7.19. The number of piperidine rings is 1. The number of likely N-dealkylation sites (tertiary alicyclic amines) is 1. The second-order valence-electron chi connectivity index (χ2n) is 7.19. The summed E-state index contributed by atoms with van der Waals surface area (Å²) in [6, 6.07) is 7.57. The summed E-state index contributed by atoms with van der Waals surface area (Å²) in [6.07, 6.45) is 5.23. The SMILES string of the molecule is CCc1cn[nH]c1C1CCCN(C(=O)CCn2c(=O)[nH]c3ccccc32)C1. The molecule has 7 nitrogen and oxygen atoms in total. The van der Waals surface area contributed by atoms with Gasteiger partial charge in [-0.1, -0.05) is 19.1 Å². The van der Waals surface area contributed by atoms with Crippen LogP contribution in [0.15, 0.2) is 35.3 Å². The summed E-state index contributed by atoms with van der Waals surface area (Å²) in [5, 5.41) is 7.31. The van der Waals surface area contributed by atoms with Crippen molar-refractivity contribution < 1.29 is 4.79 Å². The van der Waals surface area contributed by atoms with E-state index in [0.717, 1.165) is 43.4 Å². The molecule has 1 atom stereocenters. The molecule has 1 aromatic carbocycles. The van der Waals surface area contributed by atoms with Gasteiger partial charge in [-0.15, -0.1) is 0 Å². The van der Waals surface area contributed by atoms with Gasteiger partial charge in [0.2, 0.25) is 5.91 Å². The van der Waals surface area contributed by atoms with Crippen molar-refractivity contribution in [2.45, 2.75) is 45.1 Å². The summed E-state index contributed by atoms with van der Waals surface area (Å²) in [4.78, 5) is 29.7. The Bertz CT molecular complexity index is 999. The maximum absolute atomic E-state index is 12.8. The van der Waals surface area contributed by atoms with Gasteiger partial charge in [0.05, 0.1) is 17.2 Å². The third-order valence-corrected chi connectivity index (χ3v) is 5.55. The van der Waals surface area contributed by atoms with E-state index in [1.54, 1.807) is 4.57 Å². The summed E-state index contributed by atoms with van der Waals surface area (Å²) in [6.45, 7) is 4.02. The van der Waals surface area contributed by atoms with Gasteiger partial charge in [0.1, 0.15) is 0 Å². The van der Waals surface area contributed by atoms with Crippen LogP contribution in [0, 0.1) is 0 Å². The quantitative estimate of drug-likeness (QED) is 0.726. The summed E-state index contributed by atoms with van der Waals surface area (Å²) >= 11 is 0. The zero-order valence-electron chi connectivity index (χ0n) is 15.6. The molecule has 1 fully saturated rings. The number of nitrogens with one attached hydrogen (secondary N) is 2. The lowest BCUT2D eigenvalue weighted by molar-refractivity contribution is -0.132. The lowest BCUT2D eigenvalue weighted by Gasteiger charge is -2.33. The number of rotatable bonds is 5. The van der Waals surface area contributed by atoms with Crippen molar-refractivity contribution in [3.63, 3.8) is 0 Å². The standard InChI is InChI=1S/C20H25N5O2/c1-2-14-12-21-23-19(14)15-6-5-10-24(13-15)18(26)9-11-25-17-8-4-3-7-16(17)22-20(25)27/h3-4,7-8,12,15H,2,5-6,9-11,13H2,1H3,(H,21,23)(H,22,27). The van der Waals surface area contributed by atoms with Crippen molar-refractivity contribution in [1.29, 1.82) is 0 Å². The van der Waals surface area contributed by atoms with Crippen LogP contribution in [0.2, 0.25) is 0 Å². The maximum atomic E-state index is 12.8. The first-order valence-electron chi connectivity index (χ1n) is 9.64. The van der Waals surface area contributed by atoms with Gasteiger partial charge < -0.3 is 9.88 Å². The normalized spacial score (nSPS) is 17.5. The van der Waals surface area contributed by atoms with Crippen molar-refractivity contribution in [3.8, 4) is 0 Å². The van der Waals surface area contributed by atoms with Gasteiger partial charge in [0, 0.05) is 37.7 Å². The van der Waals surface area contributed by atoms with Gasteiger partial charge in [-0.05, 0) is 37.0 Å². The fraction of sp³-hybridized carbons (Fsp3) is 0.450. The minimum Gasteiger partial charge on any atom is -0.342 e. The zero-order valence-corrected chi connectivity index (χ0v) is 15.6. The van der Waals surface area contributed by atoms with Crippen LogP contribution < -0.4 is 5.69 Å². The Hall–Kier alpha value is -2.83. The number of aromatic nitrogens is 4. The molecule has 3 aromatic rings. The van der Waals surface area contributed by atoms with E-state index in [0.29, 0.717) is 18.9 Å². The van der Waals surface area contributed by atoms with Crippen LogP contribution in [0.1, 0.15) is 43.4 Å². The van der Waals surface area contributed by atoms with Crippen LogP contribution >= 0.6 is 0 Å². The topological polar surface area (TPSA) is 86.8 Å². The number of fused-ring (bicyclic) bond motifs is 1. The first-order valence-corrected chi connectivity index (χ1v) is 9.64. The molecule has 1 saturated heterocycles. The number of aryl methyl sites for hydroxylation is 2. The number of hydrogen-bond donors (Lipinski definition) is 2.